The fraction of sp³-hybridized carbons (Fsp3) is 0.385. The largest absolute Gasteiger partial charge is 0.454 e. The van der Waals surface area contributed by atoms with Crippen LogP contribution in [0.3, 0.4) is 0 Å². The van der Waals surface area contributed by atoms with Crippen LogP contribution in [-0.2, 0) is 4.74 Å². The molecular formula is C13H14O3. The van der Waals surface area contributed by atoms with E-state index in [-0.39, 0.29) is 0 Å². The van der Waals surface area contributed by atoms with E-state index in [0.29, 0.717) is 19.3 Å². The molecule has 0 saturated carbocycles. The highest BCUT2D eigenvalue weighted by Crippen LogP contribution is 2.38. The maximum Gasteiger partial charge on any atom is 0.231 e. The van der Waals surface area contributed by atoms with Gasteiger partial charge in [-0.1, -0.05) is 12.6 Å². The minimum Gasteiger partial charge on any atom is -0.454 e. The molecule has 0 unspecified atom stereocenters. The Hall–Kier alpha value is -1.48. The summed E-state index contributed by atoms with van der Waals surface area (Å²) in [6, 6.07) is 6.12. The number of fused-ring (bicyclic) bond motifs is 1. The van der Waals surface area contributed by atoms with Gasteiger partial charge in [-0.25, -0.2) is 0 Å². The molecule has 3 rings (SSSR count). The molecule has 0 N–H and O–H groups in total. The van der Waals surface area contributed by atoms with E-state index >= 15 is 0 Å². The minimum atomic E-state index is 0.327. The summed E-state index contributed by atoms with van der Waals surface area (Å²) in [6.45, 7) is 5.86. The van der Waals surface area contributed by atoms with Gasteiger partial charge in [0.2, 0.25) is 6.79 Å². The molecule has 84 valence electrons. The molecule has 0 aromatic heterocycles. The fourth-order valence-corrected chi connectivity index (χ4v) is 2.24. The second kappa shape index (κ2) is 3.83. The van der Waals surface area contributed by atoms with E-state index in [9.17, 15) is 0 Å². The first-order valence-electron chi connectivity index (χ1n) is 5.49. The van der Waals surface area contributed by atoms with Gasteiger partial charge in [0, 0.05) is 12.5 Å². The summed E-state index contributed by atoms with van der Waals surface area (Å²) in [6.07, 6.45) is 0.998. The molecular weight excluding hydrogens is 204 g/mol. The van der Waals surface area contributed by atoms with E-state index in [2.05, 4.69) is 18.7 Å². The maximum atomic E-state index is 5.38. The van der Waals surface area contributed by atoms with Crippen LogP contribution in [0.2, 0.25) is 0 Å². The molecule has 1 saturated heterocycles. The van der Waals surface area contributed by atoms with Crippen molar-refractivity contribution in [2.75, 3.05) is 20.0 Å². The van der Waals surface area contributed by atoms with Crippen molar-refractivity contribution in [2.45, 2.75) is 12.3 Å². The zero-order chi connectivity index (χ0) is 11.0. The number of rotatable bonds is 1. The molecule has 2 heterocycles. The van der Waals surface area contributed by atoms with Gasteiger partial charge in [-0.05, 0) is 29.7 Å². The lowest BCUT2D eigenvalue weighted by Crippen LogP contribution is -2.16. The highest BCUT2D eigenvalue weighted by atomic mass is 16.7. The van der Waals surface area contributed by atoms with Crippen LogP contribution in [0.25, 0.3) is 0 Å². The van der Waals surface area contributed by atoms with Gasteiger partial charge in [-0.2, -0.15) is 0 Å². The van der Waals surface area contributed by atoms with Gasteiger partial charge in [0.1, 0.15) is 0 Å². The van der Waals surface area contributed by atoms with Gasteiger partial charge in [0.25, 0.3) is 0 Å². The Labute approximate surface area is 94.6 Å². The van der Waals surface area contributed by atoms with Crippen molar-refractivity contribution in [3.63, 3.8) is 0 Å². The molecule has 0 spiro atoms. The average Bonchev–Trinajstić information content (AvgIpc) is 2.76. The van der Waals surface area contributed by atoms with Crippen LogP contribution in [-0.4, -0.2) is 20.0 Å². The molecule has 1 fully saturated rings. The zero-order valence-electron chi connectivity index (χ0n) is 9.07. The second-order valence-corrected chi connectivity index (χ2v) is 4.16. The fourth-order valence-electron chi connectivity index (χ4n) is 2.24. The van der Waals surface area contributed by atoms with Crippen LogP contribution in [0.1, 0.15) is 17.9 Å². The molecule has 16 heavy (non-hydrogen) atoms. The normalized spacial score (nSPS) is 23.5. The summed E-state index contributed by atoms with van der Waals surface area (Å²) in [4.78, 5) is 0. The Bertz CT molecular complexity index is 425. The van der Waals surface area contributed by atoms with Crippen molar-refractivity contribution in [3.05, 3.63) is 35.9 Å². The first kappa shape index (κ1) is 9.73. The highest BCUT2D eigenvalue weighted by Gasteiger charge is 2.22. The van der Waals surface area contributed by atoms with Crippen LogP contribution in [0, 0.1) is 0 Å². The molecule has 0 aliphatic carbocycles. The molecule has 1 atom stereocenters. The van der Waals surface area contributed by atoms with E-state index in [1.807, 2.05) is 6.07 Å². The minimum absolute atomic E-state index is 0.327. The summed E-state index contributed by atoms with van der Waals surface area (Å²) in [5, 5.41) is 0. The van der Waals surface area contributed by atoms with Crippen molar-refractivity contribution < 1.29 is 14.2 Å². The summed E-state index contributed by atoms with van der Waals surface area (Å²) < 4.78 is 16.1. The van der Waals surface area contributed by atoms with Crippen LogP contribution < -0.4 is 9.47 Å². The van der Waals surface area contributed by atoms with Crippen LogP contribution in [0.15, 0.2) is 30.4 Å². The van der Waals surface area contributed by atoms with Gasteiger partial charge in [-0.15, -0.1) is 0 Å². The van der Waals surface area contributed by atoms with Gasteiger partial charge in [0.15, 0.2) is 11.5 Å². The molecule has 2 aliphatic heterocycles. The van der Waals surface area contributed by atoms with Crippen LogP contribution >= 0.6 is 0 Å². The van der Waals surface area contributed by atoms with Crippen molar-refractivity contribution >= 4 is 0 Å². The first-order chi connectivity index (χ1) is 7.84. The quantitative estimate of drug-likeness (QED) is 0.678. The number of benzene rings is 1. The Kier molecular flexibility index (Phi) is 2.33. The molecule has 0 radical (unpaired) electrons. The lowest BCUT2D eigenvalue weighted by atomic mass is 9.88. The average molecular weight is 218 g/mol. The summed E-state index contributed by atoms with van der Waals surface area (Å²) in [5.41, 5.74) is 2.39. The number of hydrogen-bond acceptors (Lipinski definition) is 3. The Morgan fingerprint density at radius 1 is 1.19 bits per heavy atom. The molecule has 0 amide bonds. The Balaban J connectivity index is 1.91. The summed E-state index contributed by atoms with van der Waals surface area (Å²) >= 11 is 0. The lowest BCUT2D eigenvalue weighted by molar-refractivity contribution is 0.122. The van der Waals surface area contributed by atoms with Gasteiger partial charge >= 0.3 is 0 Å². The smallest absolute Gasteiger partial charge is 0.231 e. The molecule has 2 aliphatic rings. The third-order valence-corrected chi connectivity index (χ3v) is 3.13. The Morgan fingerprint density at radius 3 is 2.94 bits per heavy atom. The monoisotopic (exact) mass is 218 g/mol. The van der Waals surface area contributed by atoms with Crippen molar-refractivity contribution in [1.29, 1.82) is 0 Å². The van der Waals surface area contributed by atoms with Gasteiger partial charge in [0.05, 0.1) is 6.61 Å². The van der Waals surface area contributed by atoms with E-state index in [0.717, 1.165) is 30.1 Å². The topological polar surface area (TPSA) is 27.7 Å². The summed E-state index contributed by atoms with van der Waals surface area (Å²) in [7, 11) is 0. The van der Waals surface area contributed by atoms with Gasteiger partial charge in [-0.3, -0.25) is 0 Å². The van der Waals surface area contributed by atoms with Crippen LogP contribution in [0.4, 0.5) is 0 Å². The van der Waals surface area contributed by atoms with E-state index in [4.69, 9.17) is 14.2 Å². The number of ether oxygens (including phenoxy) is 3. The second-order valence-electron chi connectivity index (χ2n) is 4.16. The molecule has 1 aromatic rings. The van der Waals surface area contributed by atoms with Crippen molar-refractivity contribution in [1.82, 2.24) is 0 Å². The molecule has 0 bridgehead atoms. The lowest BCUT2D eigenvalue weighted by Gasteiger charge is -2.25. The Morgan fingerprint density at radius 2 is 2.06 bits per heavy atom. The SMILES string of the molecule is C=C1COCC[C@@H]1c1ccc2c(c1)OCO2. The van der Waals surface area contributed by atoms with E-state index in [1.165, 1.54) is 5.56 Å². The number of hydrogen-bond donors (Lipinski definition) is 0. The molecule has 3 nitrogen and oxygen atoms in total. The van der Waals surface area contributed by atoms with E-state index < -0.39 is 0 Å². The predicted octanol–water partition coefficient (Wildman–Crippen LogP) is 2.48. The molecule has 1 aromatic carbocycles. The maximum absolute atomic E-state index is 5.38. The van der Waals surface area contributed by atoms with Crippen molar-refractivity contribution in [2.24, 2.45) is 0 Å². The predicted molar refractivity (Wildman–Crippen MR) is 59.9 cm³/mol. The highest BCUT2D eigenvalue weighted by molar-refractivity contribution is 5.46. The van der Waals surface area contributed by atoms with Gasteiger partial charge < -0.3 is 14.2 Å². The zero-order valence-corrected chi connectivity index (χ0v) is 9.07. The van der Waals surface area contributed by atoms with Crippen molar-refractivity contribution in [3.8, 4) is 11.5 Å². The first-order valence-corrected chi connectivity index (χ1v) is 5.49. The van der Waals surface area contributed by atoms with E-state index in [1.54, 1.807) is 0 Å². The summed E-state index contributed by atoms with van der Waals surface area (Å²) in [5.74, 6) is 2.07. The third-order valence-electron chi connectivity index (χ3n) is 3.13. The van der Waals surface area contributed by atoms with Crippen LogP contribution in [0.5, 0.6) is 11.5 Å². The molecule has 3 heteroatoms. The standard InChI is InChI=1S/C13H14O3/c1-9-7-14-5-4-11(9)10-2-3-12-13(6-10)16-8-15-12/h2-3,6,11H,1,4-5,7-8H2/t11-/m0/s1. The third kappa shape index (κ3) is 1.57.